The molecule has 17 heavy (non-hydrogen) atoms. The van der Waals surface area contributed by atoms with Crippen LogP contribution in [0.4, 0.5) is 0 Å². The van der Waals surface area contributed by atoms with Crippen molar-refractivity contribution in [3.8, 4) is 0 Å². The first-order chi connectivity index (χ1) is 8.24. The molecule has 2 aliphatic heterocycles. The van der Waals surface area contributed by atoms with Crippen molar-refractivity contribution >= 4 is 28.8 Å². The highest BCUT2D eigenvalue weighted by Crippen LogP contribution is 2.29. The highest BCUT2D eigenvalue weighted by atomic mass is 35.5. The summed E-state index contributed by atoms with van der Waals surface area (Å²) in [4.78, 5) is 19.3. The van der Waals surface area contributed by atoms with E-state index in [2.05, 4.69) is 15.2 Å². The fraction of sp³-hybridized carbons (Fsp3) is 0.636. The smallest absolute Gasteiger partial charge is 0.224 e. The Kier molecular flexibility index (Phi) is 3.06. The third-order valence-electron chi connectivity index (χ3n) is 3.60. The Hall–Kier alpha value is -0.650. The summed E-state index contributed by atoms with van der Waals surface area (Å²) in [5.74, 6) is 0.411. The van der Waals surface area contributed by atoms with Gasteiger partial charge < -0.3 is 5.32 Å². The molecule has 0 radical (unpaired) electrons. The average Bonchev–Trinajstić information content (AvgIpc) is 2.88. The number of hydrogen-bond acceptors (Lipinski definition) is 4. The minimum atomic E-state index is 0.187. The lowest BCUT2D eigenvalue weighted by molar-refractivity contribution is -0.124. The second-order valence-electron chi connectivity index (χ2n) is 4.61. The third-order valence-corrected chi connectivity index (χ3v) is 4.70. The lowest BCUT2D eigenvalue weighted by Crippen LogP contribution is -2.44. The Morgan fingerprint density at radius 2 is 2.53 bits per heavy atom. The van der Waals surface area contributed by atoms with E-state index < -0.39 is 0 Å². The predicted molar refractivity (Wildman–Crippen MR) is 67.1 cm³/mol. The number of nitrogens with one attached hydrogen (secondary N) is 1. The van der Waals surface area contributed by atoms with E-state index in [1.54, 1.807) is 0 Å². The van der Waals surface area contributed by atoms with Gasteiger partial charge in [-0.25, -0.2) is 4.98 Å². The molecule has 1 N–H and O–H groups in total. The maximum absolute atomic E-state index is 11.6. The molecule has 1 amide bonds. The normalized spacial score (nSPS) is 29.1. The van der Waals surface area contributed by atoms with Crippen molar-refractivity contribution in [2.45, 2.75) is 25.4 Å². The van der Waals surface area contributed by atoms with Crippen LogP contribution in [0.15, 0.2) is 6.20 Å². The summed E-state index contributed by atoms with van der Waals surface area (Å²) in [6.07, 6.45) is 3.96. The summed E-state index contributed by atoms with van der Waals surface area (Å²) in [5.41, 5.74) is 0. The summed E-state index contributed by atoms with van der Waals surface area (Å²) in [5, 5.41) is 2.96. The van der Waals surface area contributed by atoms with E-state index >= 15 is 0 Å². The van der Waals surface area contributed by atoms with Crippen LogP contribution in [0.5, 0.6) is 0 Å². The van der Waals surface area contributed by atoms with E-state index in [9.17, 15) is 4.79 Å². The zero-order valence-electron chi connectivity index (χ0n) is 9.36. The number of halogens is 1. The van der Waals surface area contributed by atoms with Gasteiger partial charge in [-0.05, 0) is 19.4 Å². The van der Waals surface area contributed by atoms with Crippen molar-refractivity contribution in [3.63, 3.8) is 0 Å². The zero-order chi connectivity index (χ0) is 11.8. The van der Waals surface area contributed by atoms with Crippen molar-refractivity contribution < 1.29 is 4.79 Å². The van der Waals surface area contributed by atoms with Gasteiger partial charge in [0.2, 0.25) is 5.91 Å². The van der Waals surface area contributed by atoms with Gasteiger partial charge in [-0.15, -0.1) is 11.3 Å². The Bertz CT molecular complexity index is 436. The van der Waals surface area contributed by atoms with Crippen LogP contribution in [0.1, 0.15) is 17.7 Å². The summed E-state index contributed by atoms with van der Waals surface area (Å²) in [7, 11) is 0. The van der Waals surface area contributed by atoms with Gasteiger partial charge in [-0.3, -0.25) is 9.69 Å². The average molecular weight is 272 g/mol. The molecular weight excluding hydrogens is 258 g/mol. The molecule has 2 unspecified atom stereocenters. The Labute approximate surface area is 109 Å². The molecule has 1 aromatic rings. The van der Waals surface area contributed by atoms with Crippen molar-refractivity contribution in [1.29, 1.82) is 0 Å². The highest BCUT2D eigenvalue weighted by molar-refractivity contribution is 7.15. The minimum Gasteiger partial charge on any atom is -0.354 e. The molecule has 3 rings (SSSR count). The molecule has 2 saturated heterocycles. The van der Waals surface area contributed by atoms with Gasteiger partial charge in [0.1, 0.15) is 0 Å². The Balaban J connectivity index is 1.72. The number of piperidine rings is 1. The molecule has 6 heteroatoms. The fourth-order valence-corrected chi connectivity index (χ4v) is 3.80. The molecule has 0 aromatic carbocycles. The second-order valence-corrected chi connectivity index (χ2v) is 6.31. The first kappa shape index (κ1) is 11.4. The Morgan fingerprint density at radius 1 is 1.65 bits per heavy atom. The molecule has 92 valence electrons. The lowest BCUT2D eigenvalue weighted by Gasteiger charge is -2.35. The van der Waals surface area contributed by atoms with Gasteiger partial charge >= 0.3 is 0 Å². The molecule has 0 aliphatic carbocycles. The Morgan fingerprint density at radius 3 is 3.29 bits per heavy atom. The molecule has 3 heterocycles. The van der Waals surface area contributed by atoms with Gasteiger partial charge in [0.25, 0.3) is 0 Å². The third kappa shape index (κ3) is 2.19. The summed E-state index contributed by atoms with van der Waals surface area (Å²) in [6, 6.07) is 0.358. The van der Waals surface area contributed by atoms with Crippen LogP contribution in [0.2, 0.25) is 4.47 Å². The van der Waals surface area contributed by atoms with Gasteiger partial charge in [-0.1, -0.05) is 11.6 Å². The van der Waals surface area contributed by atoms with Crippen LogP contribution in [0, 0.1) is 5.92 Å². The summed E-state index contributed by atoms with van der Waals surface area (Å²) < 4.78 is 0.592. The summed E-state index contributed by atoms with van der Waals surface area (Å²) >= 11 is 7.36. The van der Waals surface area contributed by atoms with Gasteiger partial charge in [0.15, 0.2) is 4.47 Å². The topological polar surface area (TPSA) is 45.2 Å². The van der Waals surface area contributed by atoms with Gasteiger partial charge in [0.05, 0.1) is 5.92 Å². The highest BCUT2D eigenvalue weighted by Gasteiger charge is 2.40. The molecular formula is C11H14ClN3OS. The van der Waals surface area contributed by atoms with Gasteiger partial charge in [-0.2, -0.15) is 0 Å². The largest absolute Gasteiger partial charge is 0.354 e. The molecule has 2 aliphatic rings. The number of aromatic nitrogens is 1. The van der Waals surface area contributed by atoms with Crippen molar-refractivity contribution in [1.82, 2.24) is 15.2 Å². The first-order valence-electron chi connectivity index (χ1n) is 5.86. The van der Waals surface area contributed by atoms with E-state index in [4.69, 9.17) is 11.6 Å². The molecule has 2 atom stereocenters. The van der Waals surface area contributed by atoms with E-state index in [0.29, 0.717) is 10.5 Å². The van der Waals surface area contributed by atoms with E-state index in [0.717, 1.165) is 32.5 Å². The van der Waals surface area contributed by atoms with Crippen molar-refractivity contribution in [2.75, 3.05) is 13.1 Å². The van der Waals surface area contributed by atoms with Crippen LogP contribution < -0.4 is 5.32 Å². The molecule has 2 fully saturated rings. The fourth-order valence-electron chi connectivity index (χ4n) is 2.79. The molecule has 0 spiro atoms. The maximum atomic E-state index is 11.6. The second kappa shape index (κ2) is 4.55. The molecule has 0 bridgehead atoms. The molecule has 0 saturated carbocycles. The number of rotatable bonds is 2. The quantitative estimate of drug-likeness (QED) is 0.887. The number of hydrogen-bond donors (Lipinski definition) is 1. The number of thiazole rings is 1. The molecule has 1 aromatic heterocycles. The number of fused-ring (bicyclic) bond motifs is 1. The zero-order valence-corrected chi connectivity index (χ0v) is 10.9. The summed E-state index contributed by atoms with van der Waals surface area (Å²) in [6.45, 7) is 2.71. The SMILES string of the molecule is O=C1NCC2C1CCCN2Cc1cnc(Cl)s1. The van der Waals surface area contributed by atoms with Crippen LogP contribution in [-0.2, 0) is 11.3 Å². The number of likely N-dealkylation sites (tertiary alicyclic amines) is 1. The monoisotopic (exact) mass is 271 g/mol. The maximum Gasteiger partial charge on any atom is 0.224 e. The van der Waals surface area contributed by atoms with E-state index in [1.165, 1.54) is 16.2 Å². The predicted octanol–water partition coefficient (Wildman–Crippen LogP) is 1.51. The van der Waals surface area contributed by atoms with Gasteiger partial charge in [0, 0.05) is 30.2 Å². The minimum absolute atomic E-state index is 0.187. The van der Waals surface area contributed by atoms with Crippen LogP contribution >= 0.6 is 22.9 Å². The van der Waals surface area contributed by atoms with Crippen LogP contribution in [0.3, 0.4) is 0 Å². The number of amides is 1. The van der Waals surface area contributed by atoms with Crippen LogP contribution in [0.25, 0.3) is 0 Å². The van der Waals surface area contributed by atoms with E-state index in [-0.39, 0.29) is 11.8 Å². The first-order valence-corrected chi connectivity index (χ1v) is 7.05. The lowest BCUT2D eigenvalue weighted by atomic mass is 9.91. The standard InChI is InChI=1S/C11H14ClN3OS/c12-11-14-4-7(17-11)6-15-3-1-2-8-9(15)5-13-10(8)16/h4,8-9H,1-3,5-6H2,(H,13,16). The number of nitrogens with zero attached hydrogens (tertiary/aromatic N) is 2. The van der Waals surface area contributed by atoms with Crippen LogP contribution in [-0.4, -0.2) is 34.9 Å². The van der Waals surface area contributed by atoms with E-state index in [1.807, 2.05) is 6.20 Å². The number of carbonyl (C=O) groups excluding carboxylic acids is 1. The van der Waals surface area contributed by atoms with Crippen molar-refractivity contribution in [2.24, 2.45) is 5.92 Å². The van der Waals surface area contributed by atoms with Crippen molar-refractivity contribution in [3.05, 3.63) is 15.5 Å². The number of carbonyl (C=O) groups is 1. The molecule has 4 nitrogen and oxygen atoms in total.